The fourth-order valence-corrected chi connectivity index (χ4v) is 3.73. The molecule has 0 bridgehead atoms. The third kappa shape index (κ3) is 5.64. The number of nitrogens with two attached hydrogens (primary N) is 1. The van der Waals surface area contributed by atoms with Gasteiger partial charge in [-0.05, 0) is 60.7 Å². The van der Waals surface area contributed by atoms with E-state index < -0.39 is 0 Å². The molecule has 1 heterocycles. The van der Waals surface area contributed by atoms with Crippen LogP contribution in [0.3, 0.4) is 0 Å². The lowest BCUT2D eigenvalue weighted by Gasteiger charge is -2.14. The first-order valence-electron chi connectivity index (χ1n) is 11.1. The smallest absolute Gasteiger partial charge is 0.248 e. The largest absolute Gasteiger partial charge is 0.493 e. The lowest BCUT2D eigenvalue weighted by molar-refractivity contribution is -0.111. The van der Waals surface area contributed by atoms with Crippen LogP contribution < -0.4 is 25.8 Å². The third-order valence-corrected chi connectivity index (χ3v) is 5.44. The molecule has 3 aromatic rings. The fourth-order valence-electron chi connectivity index (χ4n) is 3.73. The van der Waals surface area contributed by atoms with Crippen LogP contribution in [-0.4, -0.2) is 30.1 Å². The number of benzene rings is 2. The zero-order chi connectivity index (χ0) is 24.7. The lowest BCUT2D eigenvalue weighted by Crippen LogP contribution is -2.11. The second-order valence-corrected chi connectivity index (χ2v) is 7.68. The molecule has 0 saturated heterocycles. The molecular formula is C26H31N5O3. The van der Waals surface area contributed by atoms with Gasteiger partial charge in [0.2, 0.25) is 5.91 Å². The molecule has 0 aliphatic rings. The first-order chi connectivity index (χ1) is 16.4. The maximum atomic E-state index is 12.6. The summed E-state index contributed by atoms with van der Waals surface area (Å²) in [5.41, 5.74) is 11.8. The summed E-state index contributed by atoms with van der Waals surface area (Å²) in [6.45, 7) is 6.10. The molecule has 0 fully saturated rings. The Labute approximate surface area is 200 Å². The summed E-state index contributed by atoms with van der Waals surface area (Å²) in [6, 6.07) is 7.60. The second-order valence-electron chi connectivity index (χ2n) is 7.68. The van der Waals surface area contributed by atoms with Crippen LogP contribution >= 0.6 is 0 Å². The maximum absolute atomic E-state index is 12.6. The SMILES string of the molecule is CCc1cc(N)c(NC(=O)/C=C/c2nccnc2Nc2cc(C)c(OC)c(OC)c2)cc1CC. The molecule has 8 nitrogen and oxygen atoms in total. The standard InChI is InChI=1S/C26H31N5O3/c1-6-17-13-20(27)22(14-18(17)7-2)31-24(32)9-8-21-26(29-11-10-28-21)30-19-12-16(3)25(34-5)23(15-19)33-4/h8-15H,6-7,27H2,1-5H3,(H,29,30)(H,31,32)/b9-8+. The van der Waals surface area contributed by atoms with E-state index in [9.17, 15) is 4.79 Å². The molecule has 0 radical (unpaired) electrons. The number of rotatable bonds is 9. The van der Waals surface area contributed by atoms with Gasteiger partial charge in [-0.2, -0.15) is 0 Å². The number of nitrogen functional groups attached to an aromatic ring is 1. The quantitative estimate of drug-likeness (QED) is 0.307. The summed E-state index contributed by atoms with van der Waals surface area (Å²) < 4.78 is 10.8. The molecular weight excluding hydrogens is 430 g/mol. The number of ether oxygens (including phenoxy) is 2. The normalized spacial score (nSPS) is 10.9. The fraction of sp³-hybridized carbons (Fsp3) is 0.269. The summed E-state index contributed by atoms with van der Waals surface area (Å²) >= 11 is 0. The number of nitrogens with one attached hydrogen (secondary N) is 2. The number of hydrogen-bond donors (Lipinski definition) is 3. The monoisotopic (exact) mass is 461 g/mol. The highest BCUT2D eigenvalue weighted by atomic mass is 16.5. The van der Waals surface area contributed by atoms with Gasteiger partial charge in [0.1, 0.15) is 5.69 Å². The number of anilines is 4. The highest BCUT2D eigenvalue weighted by Gasteiger charge is 2.12. The van der Waals surface area contributed by atoms with Gasteiger partial charge >= 0.3 is 0 Å². The zero-order valence-corrected chi connectivity index (χ0v) is 20.2. The number of aryl methyl sites for hydroxylation is 3. The highest BCUT2D eigenvalue weighted by molar-refractivity contribution is 6.03. The molecule has 2 aromatic carbocycles. The lowest BCUT2D eigenvalue weighted by atomic mass is 10.0. The van der Waals surface area contributed by atoms with Crippen LogP contribution in [0.5, 0.6) is 11.5 Å². The molecule has 3 rings (SSSR count). The van der Waals surface area contributed by atoms with E-state index in [2.05, 4.69) is 34.4 Å². The van der Waals surface area contributed by atoms with Crippen molar-refractivity contribution in [2.24, 2.45) is 0 Å². The Kier molecular flexibility index (Phi) is 8.08. The summed E-state index contributed by atoms with van der Waals surface area (Å²) in [4.78, 5) is 21.3. The number of aromatic nitrogens is 2. The van der Waals surface area contributed by atoms with Gasteiger partial charge in [0.05, 0.1) is 25.6 Å². The van der Waals surface area contributed by atoms with Crippen molar-refractivity contribution in [2.45, 2.75) is 33.6 Å². The number of amides is 1. The van der Waals surface area contributed by atoms with E-state index >= 15 is 0 Å². The topological polar surface area (TPSA) is 111 Å². The summed E-state index contributed by atoms with van der Waals surface area (Å²) in [5.74, 6) is 1.46. The predicted molar refractivity (Wildman–Crippen MR) is 137 cm³/mol. The molecule has 178 valence electrons. The molecule has 1 amide bonds. The van der Waals surface area contributed by atoms with Crippen molar-refractivity contribution in [1.29, 1.82) is 0 Å². The average molecular weight is 462 g/mol. The number of carbonyl (C=O) groups excluding carboxylic acids is 1. The Morgan fingerprint density at radius 1 is 1.03 bits per heavy atom. The van der Waals surface area contributed by atoms with Gasteiger partial charge in [0, 0.05) is 30.2 Å². The van der Waals surface area contributed by atoms with Crippen LogP contribution in [-0.2, 0) is 17.6 Å². The zero-order valence-electron chi connectivity index (χ0n) is 20.2. The van der Waals surface area contributed by atoms with Crippen molar-refractivity contribution < 1.29 is 14.3 Å². The summed E-state index contributed by atoms with van der Waals surface area (Å²) in [7, 11) is 3.19. The third-order valence-electron chi connectivity index (χ3n) is 5.44. The molecule has 0 saturated carbocycles. The molecule has 0 atom stereocenters. The van der Waals surface area contributed by atoms with Gasteiger partial charge in [0.25, 0.3) is 0 Å². The minimum absolute atomic E-state index is 0.309. The van der Waals surface area contributed by atoms with Gasteiger partial charge in [-0.25, -0.2) is 4.98 Å². The van der Waals surface area contributed by atoms with Crippen molar-refractivity contribution in [3.05, 3.63) is 65.1 Å². The van der Waals surface area contributed by atoms with Crippen molar-refractivity contribution >= 4 is 34.9 Å². The van der Waals surface area contributed by atoms with Crippen LogP contribution in [0.25, 0.3) is 6.08 Å². The molecule has 34 heavy (non-hydrogen) atoms. The Balaban J connectivity index is 1.80. The van der Waals surface area contributed by atoms with Crippen LogP contribution in [0.2, 0.25) is 0 Å². The Morgan fingerprint density at radius 3 is 2.41 bits per heavy atom. The average Bonchev–Trinajstić information content (AvgIpc) is 2.84. The molecule has 1 aromatic heterocycles. The molecule has 0 spiro atoms. The maximum Gasteiger partial charge on any atom is 0.248 e. The van der Waals surface area contributed by atoms with E-state index in [0.29, 0.717) is 34.4 Å². The van der Waals surface area contributed by atoms with E-state index in [-0.39, 0.29) is 5.91 Å². The van der Waals surface area contributed by atoms with Gasteiger partial charge in [-0.1, -0.05) is 13.8 Å². The molecule has 8 heteroatoms. The van der Waals surface area contributed by atoms with Gasteiger partial charge < -0.3 is 25.8 Å². The highest BCUT2D eigenvalue weighted by Crippen LogP contribution is 2.35. The van der Waals surface area contributed by atoms with Crippen molar-refractivity contribution in [3.8, 4) is 11.5 Å². The Bertz CT molecular complexity index is 1210. The molecule has 0 unspecified atom stereocenters. The Morgan fingerprint density at radius 2 is 1.74 bits per heavy atom. The van der Waals surface area contributed by atoms with Crippen LogP contribution in [0.1, 0.15) is 36.2 Å². The molecule has 4 N–H and O–H groups in total. The first-order valence-corrected chi connectivity index (χ1v) is 11.1. The second kappa shape index (κ2) is 11.2. The van der Waals surface area contributed by atoms with Crippen LogP contribution in [0.15, 0.2) is 42.7 Å². The molecule has 0 aliphatic heterocycles. The minimum Gasteiger partial charge on any atom is -0.493 e. The number of carbonyl (C=O) groups is 1. The summed E-state index contributed by atoms with van der Waals surface area (Å²) in [6.07, 6.45) is 7.92. The van der Waals surface area contributed by atoms with Gasteiger partial charge in [-0.3, -0.25) is 9.78 Å². The summed E-state index contributed by atoms with van der Waals surface area (Å²) in [5, 5.41) is 6.10. The Hall–Kier alpha value is -4.07. The van der Waals surface area contributed by atoms with Gasteiger partial charge in [0.15, 0.2) is 17.3 Å². The van der Waals surface area contributed by atoms with Gasteiger partial charge in [-0.15, -0.1) is 0 Å². The van der Waals surface area contributed by atoms with E-state index in [1.165, 1.54) is 17.2 Å². The van der Waals surface area contributed by atoms with E-state index in [0.717, 1.165) is 24.1 Å². The van der Waals surface area contributed by atoms with E-state index in [1.807, 2.05) is 31.2 Å². The van der Waals surface area contributed by atoms with Crippen LogP contribution in [0, 0.1) is 6.92 Å². The van der Waals surface area contributed by atoms with Crippen molar-refractivity contribution in [2.75, 3.05) is 30.6 Å². The number of methoxy groups -OCH3 is 2. The number of hydrogen-bond acceptors (Lipinski definition) is 7. The first kappa shape index (κ1) is 24.6. The van der Waals surface area contributed by atoms with E-state index in [4.69, 9.17) is 15.2 Å². The minimum atomic E-state index is -0.309. The van der Waals surface area contributed by atoms with Crippen molar-refractivity contribution in [3.63, 3.8) is 0 Å². The van der Waals surface area contributed by atoms with Crippen molar-refractivity contribution in [1.82, 2.24) is 9.97 Å². The number of nitrogens with zero attached hydrogens (tertiary/aromatic N) is 2. The van der Waals surface area contributed by atoms with E-state index in [1.54, 1.807) is 32.7 Å². The predicted octanol–water partition coefficient (Wildman–Crippen LogP) is 4.90. The van der Waals surface area contributed by atoms with Crippen LogP contribution in [0.4, 0.5) is 22.9 Å². The molecule has 0 aliphatic carbocycles.